The lowest BCUT2D eigenvalue weighted by Gasteiger charge is -2.40. The Hall–Kier alpha value is -1.51. The van der Waals surface area contributed by atoms with Crippen LogP contribution < -0.4 is 5.32 Å². The lowest BCUT2D eigenvalue weighted by molar-refractivity contribution is 0.0380. The second kappa shape index (κ2) is 8.73. The van der Waals surface area contributed by atoms with E-state index in [1.54, 1.807) is 7.11 Å². The van der Waals surface area contributed by atoms with Gasteiger partial charge in [0, 0.05) is 39.3 Å². The molecule has 1 N–H and O–H groups in total. The number of aromatic nitrogens is 3. The average molecular weight is 350 g/mol. The number of ether oxygens (including phenoxy) is 1. The van der Waals surface area contributed by atoms with Crippen LogP contribution in [-0.4, -0.2) is 89.7 Å². The van der Waals surface area contributed by atoms with Crippen molar-refractivity contribution in [3.05, 3.63) is 11.9 Å². The fourth-order valence-corrected chi connectivity index (χ4v) is 3.75. The van der Waals surface area contributed by atoms with E-state index in [1.807, 2.05) is 15.8 Å². The Bertz CT molecular complexity index is 557. The Balaban J connectivity index is 1.60. The molecule has 2 fully saturated rings. The zero-order chi connectivity index (χ0) is 17.6. The molecule has 25 heavy (non-hydrogen) atoms. The summed E-state index contributed by atoms with van der Waals surface area (Å²) < 4.78 is 7.07. The van der Waals surface area contributed by atoms with Crippen molar-refractivity contribution < 1.29 is 9.53 Å². The second-order valence-corrected chi connectivity index (χ2v) is 6.91. The molecule has 8 heteroatoms. The normalized spacial score (nSPS) is 23.1. The average Bonchev–Trinajstić information content (AvgIpc) is 3.16. The largest absolute Gasteiger partial charge is 0.383 e. The maximum absolute atomic E-state index is 12.8. The van der Waals surface area contributed by atoms with Gasteiger partial charge in [-0.3, -0.25) is 9.69 Å². The number of nitrogens with one attached hydrogen (secondary N) is 1. The molecule has 140 valence electrons. The highest BCUT2D eigenvalue weighted by Gasteiger charge is 2.30. The van der Waals surface area contributed by atoms with E-state index in [-0.39, 0.29) is 5.91 Å². The molecule has 1 atom stereocenters. The zero-order valence-electron chi connectivity index (χ0n) is 15.4. The minimum absolute atomic E-state index is 0.00465. The molecule has 3 heterocycles. The number of hydrogen-bond acceptors (Lipinski definition) is 6. The van der Waals surface area contributed by atoms with Crippen LogP contribution in [0, 0.1) is 0 Å². The molecule has 0 aliphatic carbocycles. The van der Waals surface area contributed by atoms with Crippen molar-refractivity contribution in [1.82, 2.24) is 30.1 Å². The maximum atomic E-state index is 12.8. The third-order valence-corrected chi connectivity index (χ3v) is 5.36. The summed E-state index contributed by atoms with van der Waals surface area (Å²) in [5.41, 5.74) is 0.471. The summed E-state index contributed by atoms with van der Waals surface area (Å²) in [6, 6.07) is 0.733. The molecule has 0 bridgehead atoms. The lowest BCUT2D eigenvalue weighted by Crippen LogP contribution is -2.55. The number of piperazine rings is 1. The first-order chi connectivity index (χ1) is 12.2. The van der Waals surface area contributed by atoms with Gasteiger partial charge in [-0.2, -0.15) is 0 Å². The molecular weight excluding hydrogens is 320 g/mol. The van der Waals surface area contributed by atoms with Gasteiger partial charge in [-0.25, -0.2) is 4.68 Å². The first-order valence-electron chi connectivity index (χ1n) is 9.37. The van der Waals surface area contributed by atoms with Crippen LogP contribution in [-0.2, 0) is 4.74 Å². The Labute approximate surface area is 149 Å². The number of hydrogen-bond donors (Lipinski definition) is 1. The summed E-state index contributed by atoms with van der Waals surface area (Å²) in [7, 11) is 1.73. The molecule has 1 amide bonds. The molecule has 3 rings (SSSR count). The number of methoxy groups -OCH3 is 1. The van der Waals surface area contributed by atoms with Gasteiger partial charge in [0.1, 0.15) is 0 Å². The van der Waals surface area contributed by atoms with E-state index in [4.69, 9.17) is 4.74 Å². The van der Waals surface area contributed by atoms with E-state index in [2.05, 4.69) is 27.5 Å². The van der Waals surface area contributed by atoms with Crippen LogP contribution in [0.2, 0.25) is 0 Å². The molecule has 2 aliphatic heterocycles. The molecule has 2 aliphatic rings. The highest BCUT2D eigenvalue weighted by Crippen LogP contribution is 2.19. The smallest absolute Gasteiger partial charge is 0.276 e. The molecule has 1 unspecified atom stereocenters. The molecule has 0 aromatic carbocycles. The maximum Gasteiger partial charge on any atom is 0.276 e. The van der Waals surface area contributed by atoms with E-state index in [9.17, 15) is 4.79 Å². The summed E-state index contributed by atoms with van der Waals surface area (Å²) in [6.07, 6.45) is 4.92. The number of carbonyl (C=O) groups is 1. The van der Waals surface area contributed by atoms with Crippen molar-refractivity contribution in [3.8, 4) is 0 Å². The van der Waals surface area contributed by atoms with E-state index < -0.39 is 0 Å². The first kappa shape index (κ1) is 18.3. The van der Waals surface area contributed by atoms with E-state index in [0.29, 0.717) is 17.8 Å². The monoisotopic (exact) mass is 350 g/mol. The lowest BCUT2D eigenvalue weighted by atomic mass is 10.1. The minimum atomic E-state index is 0.00465. The van der Waals surface area contributed by atoms with Crippen molar-refractivity contribution in [2.75, 3.05) is 53.0 Å². The van der Waals surface area contributed by atoms with Gasteiger partial charge < -0.3 is 15.0 Å². The highest BCUT2D eigenvalue weighted by atomic mass is 16.5. The van der Waals surface area contributed by atoms with Crippen LogP contribution in [0.5, 0.6) is 0 Å². The van der Waals surface area contributed by atoms with Gasteiger partial charge >= 0.3 is 0 Å². The number of amides is 1. The summed E-state index contributed by atoms with van der Waals surface area (Å²) >= 11 is 0. The van der Waals surface area contributed by atoms with Crippen LogP contribution in [0.25, 0.3) is 0 Å². The third kappa shape index (κ3) is 4.37. The van der Waals surface area contributed by atoms with Crippen LogP contribution in [0.1, 0.15) is 42.7 Å². The Morgan fingerprint density at radius 2 is 2.16 bits per heavy atom. The van der Waals surface area contributed by atoms with Gasteiger partial charge in [0.25, 0.3) is 5.91 Å². The summed E-state index contributed by atoms with van der Waals surface area (Å²) in [5, 5.41) is 11.7. The fraction of sp³-hybridized carbons (Fsp3) is 0.824. The van der Waals surface area contributed by atoms with Crippen LogP contribution in [0.4, 0.5) is 0 Å². The molecular formula is C17H30N6O2. The molecule has 0 radical (unpaired) electrons. The van der Waals surface area contributed by atoms with Crippen LogP contribution in [0.3, 0.4) is 0 Å². The van der Waals surface area contributed by atoms with Gasteiger partial charge in [0.05, 0.1) is 18.8 Å². The van der Waals surface area contributed by atoms with Crippen molar-refractivity contribution >= 4 is 5.91 Å². The molecule has 0 saturated carbocycles. The molecule has 8 nitrogen and oxygen atoms in total. The van der Waals surface area contributed by atoms with Crippen molar-refractivity contribution in [2.24, 2.45) is 0 Å². The molecule has 2 saturated heterocycles. The van der Waals surface area contributed by atoms with Crippen molar-refractivity contribution in [1.29, 1.82) is 0 Å². The number of carbonyl (C=O) groups excluding carboxylic acids is 1. The third-order valence-electron chi connectivity index (χ3n) is 5.36. The Kier molecular flexibility index (Phi) is 6.39. The quantitative estimate of drug-likeness (QED) is 0.800. The second-order valence-electron chi connectivity index (χ2n) is 6.91. The van der Waals surface area contributed by atoms with Crippen molar-refractivity contribution in [2.45, 2.75) is 38.3 Å². The van der Waals surface area contributed by atoms with Gasteiger partial charge in [-0.1, -0.05) is 12.1 Å². The zero-order valence-corrected chi connectivity index (χ0v) is 15.4. The number of piperidine rings is 1. The van der Waals surface area contributed by atoms with E-state index in [1.165, 1.54) is 0 Å². The van der Waals surface area contributed by atoms with Crippen LogP contribution in [0.15, 0.2) is 6.20 Å². The fourth-order valence-electron chi connectivity index (χ4n) is 3.75. The van der Waals surface area contributed by atoms with Crippen LogP contribution >= 0.6 is 0 Å². The van der Waals surface area contributed by atoms with Gasteiger partial charge in [0.15, 0.2) is 5.69 Å². The van der Waals surface area contributed by atoms with Crippen molar-refractivity contribution in [3.63, 3.8) is 0 Å². The van der Waals surface area contributed by atoms with Gasteiger partial charge in [-0.15, -0.1) is 5.10 Å². The van der Waals surface area contributed by atoms with Gasteiger partial charge in [0.2, 0.25) is 0 Å². The Morgan fingerprint density at radius 1 is 1.36 bits per heavy atom. The first-order valence-corrected chi connectivity index (χ1v) is 9.37. The predicted molar refractivity (Wildman–Crippen MR) is 94.6 cm³/mol. The summed E-state index contributed by atoms with van der Waals surface area (Å²) in [5.74, 6) is 0.00465. The predicted octanol–water partition coefficient (Wildman–Crippen LogP) is 0.385. The minimum Gasteiger partial charge on any atom is -0.383 e. The van der Waals surface area contributed by atoms with E-state index in [0.717, 1.165) is 65.1 Å². The molecule has 0 spiro atoms. The SMILES string of the molecule is CCC1CN(C(=O)c2cn(C3CCNCC3)nn2)CCN1CCOC. The highest BCUT2D eigenvalue weighted by molar-refractivity contribution is 5.92. The standard InChI is InChI=1S/C17H30N6O2/c1-3-14-12-22(9-8-21(14)10-11-25-2)17(24)16-13-23(20-19-16)15-4-6-18-7-5-15/h13-15,18H,3-12H2,1-2H3. The molecule has 1 aromatic rings. The topological polar surface area (TPSA) is 75.5 Å². The summed E-state index contributed by atoms with van der Waals surface area (Å²) in [6.45, 7) is 8.18. The number of rotatable bonds is 6. The summed E-state index contributed by atoms with van der Waals surface area (Å²) in [4.78, 5) is 17.2. The number of nitrogens with zero attached hydrogens (tertiary/aromatic N) is 5. The van der Waals surface area contributed by atoms with E-state index >= 15 is 0 Å². The molecule has 1 aromatic heterocycles. The van der Waals surface area contributed by atoms with Gasteiger partial charge in [-0.05, 0) is 32.4 Å². The Morgan fingerprint density at radius 3 is 2.88 bits per heavy atom.